The van der Waals surface area contributed by atoms with E-state index in [1.54, 1.807) is 45.2 Å². The van der Waals surface area contributed by atoms with Crippen molar-refractivity contribution in [3.63, 3.8) is 0 Å². The predicted molar refractivity (Wildman–Crippen MR) is 130 cm³/mol. The number of amides is 2. The molecule has 0 radical (unpaired) electrons. The van der Waals surface area contributed by atoms with Crippen LogP contribution in [0.15, 0.2) is 48.5 Å². The van der Waals surface area contributed by atoms with Crippen molar-refractivity contribution < 1.29 is 27.1 Å². The van der Waals surface area contributed by atoms with Gasteiger partial charge in [-0.1, -0.05) is 24.3 Å². The number of hydrogen-bond donors (Lipinski definition) is 1. The predicted octanol–water partition coefficient (Wildman–Crippen LogP) is 2.93. The Labute approximate surface area is 200 Å². The summed E-state index contributed by atoms with van der Waals surface area (Å²) in [7, 11) is -2.22. The van der Waals surface area contributed by atoms with Gasteiger partial charge in [-0.05, 0) is 50.1 Å². The number of methoxy groups -OCH3 is 1. The van der Waals surface area contributed by atoms with Gasteiger partial charge in [0, 0.05) is 26.1 Å². The Morgan fingerprint density at radius 3 is 2.47 bits per heavy atom. The average Bonchev–Trinajstić information content (AvgIpc) is 2.80. The molecule has 1 atom stereocenters. The molecule has 0 aromatic heterocycles. The number of nitrogens with one attached hydrogen (secondary N) is 1. The topological polar surface area (TPSA) is 96.0 Å². The zero-order valence-electron chi connectivity index (χ0n) is 20.0. The van der Waals surface area contributed by atoms with E-state index in [0.717, 1.165) is 16.1 Å². The zero-order chi connectivity index (χ0) is 25.3. The van der Waals surface area contributed by atoms with Crippen LogP contribution in [-0.4, -0.2) is 57.6 Å². The summed E-state index contributed by atoms with van der Waals surface area (Å²) in [6.07, 6.45) is 1.12. The molecule has 0 saturated heterocycles. The summed E-state index contributed by atoms with van der Waals surface area (Å²) in [4.78, 5) is 27.1. The van der Waals surface area contributed by atoms with Crippen molar-refractivity contribution >= 4 is 27.5 Å². The molecule has 2 amide bonds. The molecule has 0 aliphatic carbocycles. The maximum Gasteiger partial charge on any atom is 0.242 e. The third-order valence-electron chi connectivity index (χ3n) is 5.28. The molecule has 2 aromatic rings. The van der Waals surface area contributed by atoms with Gasteiger partial charge < -0.3 is 15.0 Å². The average molecular weight is 494 g/mol. The number of nitrogens with zero attached hydrogens (tertiary/aromatic N) is 2. The summed E-state index contributed by atoms with van der Waals surface area (Å²) in [5.74, 6) is -0.639. The minimum Gasteiger partial charge on any atom is -0.497 e. The molecule has 0 bridgehead atoms. The Bertz CT molecular complexity index is 1090. The van der Waals surface area contributed by atoms with Crippen LogP contribution in [0.1, 0.15) is 32.3 Å². The van der Waals surface area contributed by atoms with Crippen molar-refractivity contribution in [2.24, 2.45) is 0 Å². The number of carbonyl (C=O) groups excluding carboxylic acids is 2. The van der Waals surface area contributed by atoms with E-state index in [1.807, 2.05) is 6.07 Å². The van der Waals surface area contributed by atoms with E-state index in [2.05, 4.69) is 5.32 Å². The van der Waals surface area contributed by atoms with Crippen LogP contribution < -0.4 is 14.4 Å². The lowest BCUT2D eigenvalue weighted by Gasteiger charge is -2.29. The highest BCUT2D eigenvalue weighted by molar-refractivity contribution is 7.92. The molecule has 0 aliphatic heterocycles. The lowest BCUT2D eigenvalue weighted by molar-refractivity contribution is -0.140. The minimum atomic E-state index is -3.76. The molecule has 0 saturated carbocycles. The Balaban J connectivity index is 2.18. The molecule has 0 fully saturated rings. The van der Waals surface area contributed by atoms with E-state index in [-0.39, 0.29) is 43.4 Å². The van der Waals surface area contributed by atoms with E-state index < -0.39 is 21.9 Å². The number of benzene rings is 2. The maximum atomic E-state index is 14.2. The summed E-state index contributed by atoms with van der Waals surface area (Å²) in [5.41, 5.74) is 0.717. The van der Waals surface area contributed by atoms with E-state index in [1.165, 1.54) is 23.1 Å². The van der Waals surface area contributed by atoms with Crippen LogP contribution in [0.3, 0.4) is 0 Å². The highest BCUT2D eigenvalue weighted by Gasteiger charge is 2.27. The van der Waals surface area contributed by atoms with E-state index >= 15 is 0 Å². The molecule has 34 heavy (non-hydrogen) atoms. The van der Waals surface area contributed by atoms with Crippen LogP contribution >= 0.6 is 0 Å². The van der Waals surface area contributed by atoms with Gasteiger partial charge in [0.1, 0.15) is 17.6 Å². The number of sulfonamides is 1. The zero-order valence-corrected chi connectivity index (χ0v) is 20.8. The first-order valence-electron chi connectivity index (χ1n) is 11.0. The van der Waals surface area contributed by atoms with Crippen LogP contribution in [0.5, 0.6) is 5.75 Å². The number of ether oxygens (including phenoxy) is 1. The molecular formula is C24H32FN3O5S. The van der Waals surface area contributed by atoms with Crippen molar-refractivity contribution in [2.75, 3.05) is 30.8 Å². The number of anilines is 1. The SMILES string of the molecule is CCNC(=O)[C@@H](C)N(Cc1cccc(OC)c1)C(=O)CCCN(c1ccccc1F)S(C)(=O)=O. The largest absolute Gasteiger partial charge is 0.497 e. The summed E-state index contributed by atoms with van der Waals surface area (Å²) in [6, 6.07) is 12.0. The molecule has 0 heterocycles. The third-order valence-corrected chi connectivity index (χ3v) is 6.46. The standard InChI is InChI=1S/C24H32FN3O5S/c1-5-26-24(30)18(2)27(17-19-10-8-11-20(16-19)33-3)23(29)14-9-15-28(34(4,31)32)22-13-7-6-12-21(22)25/h6-8,10-13,16,18H,5,9,14-15,17H2,1-4H3,(H,26,30)/t18-/m1/s1. The molecule has 2 aromatic carbocycles. The van der Waals surface area contributed by atoms with Crippen LogP contribution in [0, 0.1) is 5.82 Å². The highest BCUT2D eigenvalue weighted by atomic mass is 32.2. The fourth-order valence-corrected chi connectivity index (χ4v) is 4.47. The third kappa shape index (κ3) is 7.44. The number of halogens is 1. The van der Waals surface area contributed by atoms with E-state index in [0.29, 0.717) is 12.3 Å². The first-order chi connectivity index (χ1) is 16.1. The van der Waals surface area contributed by atoms with Crippen molar-refractivity contribution in [1.82, 2.24) is 10.2 Å². The van der Waals surface area contributed by atoms with E-state index in [4.69, 9.17) is 4.74 Å². The normalized spacial score (nSPS) is 12.0. The van der Waals surface area contributed by atoms with Crippen LogP contribution in [0.4, 0.5) is 10.1 Å². The molecule has 0 unspecified atom stereocenters. The van der Waals surface area contributed by atoms with Gasteiger partial charge in [0.05, 0.1) is 19.1 Å². The van der Waals surface area contributed by atoms with Gasteiger partial charge in [0.15, 0.2) is 0 Å². The Morgan fingerprint density at radius 2 is 1.85 bits per heavy atom. The first kappa shape index (κ1) is 27.1. The summed E-state index contributed by atoms with van der Waals surface area (Å²) < 4.78 is 44.9. The highest BCUT2D eigenvalue weighted by Crippen LogP contribution is 2.22. The maximum absolute atomic E-state index is 14.2. The number of carbonyl (C=O) groups is 2. The van der Waals surface area contributed by atoms with Gasteiger partial charge in [0.2, 0.25) is 21.8 Å². The molecule has 10 heteroatoms. The number of para-hydroxylation sites is 1. The van der Waals surface area contributed by atoms with Crippen LogP contribution in [-0.2, 0) is 26.2 Å². The summed E-state index contributed by atoms with van der Waals surface area (Å²) in [5, 5.41) is 2.72. The quantitative estimate of drug-likeness (QED) is 0.491. The minimum absolute atomic E-state index is 0.0197. The lowest BCUT2D eigenvalue weighted by Crippen LogP contribution is -2.47. The molecule has 186 valence electrons. The summed E-state index contributed by atoms with van der Waals surface area (Å²) >= 11 is 0. The van der Waals surface area contributed by atoms with E-state index in [9.17, 15) is 22.4 Å². The molecule has 0 spiro atoms. The Hall–Kier alpha value is -3.14. The molecular weight excluding hydrogens is 461 g/mol. The van der Waals surface area contributed by atoms with Gasteiger partial charge in [-0.25, -0.2) is 12.8 Å². The lowest BCUT2D eigenvalue weighted by atomic mass is 10.1. The second kappa shape index (κ2) is 12.4. The Kier molecular flexibility index (Phi) is 9.85. The molecule has 2 rings (SSSR count). The number of rotatable bonds is 12. The van der Waals surface area contributed by atoms with Gasteiger partial charge in [-0.15, -0.1) is 0 Å². The van der Waals surface area contributed by atoms with Crippen molar-refractivity contribution in [1.29, 1.82) is 0 Å². The Morgan fingerprint density at radius 1 is 1.15 bits per heavy atom. The molecule has 0 aliphatic rings. The van der Waals surface area contributed by atoms with Crippen molar-refractivity contribution in [2.45, 2.75) is 39.3 Å². The fraction of sp³-hybridized carbons (Fsp3) is 0.417. The van der Waals surface area contributed by atoms with Crippen LogP contribution in [0.25, 0.3) is 0 Å². The smallest absolute Gasteiger partial charge is 0.242 e. The first-order valence-corrected chi connectivity index (χ1v) is 12.9. The van der Waals surface area contributed by atoms with Crippen molar-refractivity contribution in [3.05, 3.63) is 59.9 Å². The second-order valence-corrected chi connectivity index (χ2v) is 9.74. The number of hydrogen-bond acceptors (Lipinski definition) is 5. The van der Waals surface area contributed by atoms with Gasteiger partial charge in [-0.3, -0.25) is 13.9 Å². The van der Waals surface area contributed by atoms with Gasteiger partial charge in [0.25, 0.3) is 0 Å². The second-order valence-electron chi connectivity index (χ2n) is 7.83. The number of likely N-dealkylation sites (N-methyl/N-ethyl adjacent to an activating group) is 1. The summed E-state index contributed by atoms with van der Waals surface area (Å²) in [6.45, 7) is 3.97. The van der Waals surface area contributed by atoms with Gasteiger partial charge in [-0.2, -0.15) is 0 Å². The monoisotopic (exact) mass is 493 g/mol. The molecule has 8 nitrogen and oxygen atoms in total. The molecule has 1 N–H and O–H groups in total. The van der Waals surface area contributed by atoms with Crippen LogP contribution in [0.2, 0.25) is 0 Å². The van der Waals surface area contributed by atoms with Gasteiger partial charge >= 0.3 is 0 Å². The van der Waals surface area contributed by atoms with Crippen molar-refractivity contribution in [3.8, 4) is 5.75 Å². The fourth-order valence-electron chi connectivity index (χ4n) is 3.51.